The molecule has 0 spiro atoms. The van der Waals surface area contributed by atoms with Crippen molar-refractivity contribution >= 4 is 23.6 Å². The molecule has 2 heterocycles. The molecule has 1 aliphatic rings. The summed E-state index contributed by atoms with van der Waals surface area (Å²) >= 11 is 0. The Bertz CT molecular complexity index is 1450. The Morgan fingerprint density at radius 2 is 1.58 bits per heavy atom. The van der Waals surface area contributed by atoms with E-state index in [2.05, 4.69) is 0 Å². The van der Waals surface area contributed by atoms with Gasteiger partial charge in [0.2, 0.25) is 0 Å². The highest BCUT2D eigenvalue weighted by molar-refractivity contribution is 6.23. The third-order valence-corrected chi connectivity index (χ3v) is 6.10. The number of nitrogens with zero attached hydrogens (tertiary/aromatic N) is 2. The van der Waals surface area contributed by atoms with Gasteiger partial charge in [-0.25, -0.2) is 9.18 Å². The van der Waals surface area contributed by atoms with Crippen molar-refractivity contribution in [3.63, 3.8) is 0 Å². The van der Waals surface area contributed by atoms with Gasteiger partial charge in [0.05, 0.1) is 35.2 Å². The third-order valence-electron chi connectivity index (χ3n) is 6.10. The van der Waals surface area contributed by atoms with Crippen LogP contribution in [0, 0.1) is 19.7 Å². The van der Waals surface area contributed by atoms with Crippen LogP contribution in [0.5, 0.6) is 0 Å². The topological polar surface area (TPSA) is 51.5 Å². The van der Waals surface area contributed by atoms with Gasteiger partial charge in [-0.1, -0.05) is 24.3 Å². The molecule has 0 aliphatic carbocycles. The number of carbonyl (C=O) groups is 2. The molecule has 5 nitrogen and oxygen atoms in total. The predicted molar refractivity (Wildman–Crippen MR) is 127 cm³/mol. The number of anilines is 1. The van der Waals surface area contributed by atoms with E-state index in [9.17, 15) is 27.2 Å². The Hall–Kier alpha value is -4.14. The normalized spacial score (nSPS) is 15.3. The lowest BCUT2D eigenvalue weighted by Crippen LogP contribution is -2.25. The lowest BCUT2D eigenvalue weighted by molar-refractivity contribution is -0.137. The molecule has 0 atom stereocenters. The van der Waals surface area contributed by atoms with Crippen molar-refractivity contribution in [2.24, 2.45) is 0 Å². The van der Waals surface area contributed by atoms with Crippen molar-refractivity contribution < 1.29 is 31.9 Å². The van der Waals surface area contributed by atoms with Crippen LogP contribution in [0.1, 0.15) is 29.4 Å². The molecular formula is C27H22F4N2O3. The number of hydrogen-bond donors (Lipinski definition) is 0. The predicted octanol–water partition coefficient (Wildman–Crippen LogP) is 6.13. The van der Waals surface area contributed by atoms with Crippen molar-refractivity contribution in [1.82, 2.24) is 4.57 Å². The molecule has 2 aromatic carbocycles. The van der Waals surface area contributed by atoms with Crippen molar-refractivity contribution in [1.29, 1.82) is 0 Å². The summed E-state index contributed by atoms with van der Waals surface area (Å²) in [5, 5.41) is 0. The van der Waals surface area contributed by atoms with Crippen molar-refractivity contribution in [2.45, 2.75) is 26.9 Å². The summed E-state index contributed by atoms with van der Waals surface area (Å²) in [4.78, 5) is 27.2. The SMILES string of the molecule is COC(=O)C1=C(C)N(c2ccccc2F)C(=O)/C1=C\c1cc(C)n(-c2ccccc2C(F)(F)F)c1C. The Labute approximate surface area is 204 Å². The molecule has 0 bridgehead atoms. The van der Waals surface area contributed by atoms with Crippen molar-refractivity contribution in [3.8, 4) is 5.69 Å². The van der Waals surface area contributed by atoms with E-state index >= 15 is 0 Å². The van der Waals surface area contributed by atoms with Crippen LogP contribution in [0.2, 0.25) is 0 Å². The fourth-order valence-electron chi connectivity index (χ4n) is 4.47. The van der Waals surface area contributed by atoms with Crippen LogP contribution in [-0.4, -0.2) is 23.6 Å². The second kappa shape index (κ2) is 9.14. The van der Waals surface area contributed by atoms with Crippen molar-refractivity contribution in [3.05, 3.63) is 99.8 Å². The van der Waals surface area contributed by atoms with Gasteiger partial charge in [-0.2, -0.15) is 13.2 Å². The molecule has 1 aliphatic heterocycles. The number of carbonyl (C=O) groups excluding carboxylic acids is 2. The molecule has 3 aromatic rings. The quantitative estimate of drug-likeness (QED) is 0.247. The standard InChI is InChI=1S/C27H22F4N2O3/c1-15-13-18(16(2)32(15)22-11-7-5-9-20(22)27(29,30)31)14-19-24(26(35)36-4)17(3)33(25(19)34)23-12-8-6-10-21(23)28/h5-14H,1-4H3/b19-14-. The number of para-hydroxylation sites is 2. The number of aryl methyl sites for hydroxylation is 1. The first-order chi connectivity index (χ1) is 17.0. The van der Waals surface area contributed by atoms with E-state index in [1.807, 2.05) is 0 Å². The Morgan fingerprint density at radius 3 is 2.19 bits per heavy atom. The van der Waals surface area contributed by atoms with Gasteiger partial charge < -0.3 is 9.30 Å². The molecule has 4 rings (SSSR count). The molecule has 36 heavy (non-hydrogen) atoms. The summed E-state index contributed by atoms with van der Waals surface area (Å²) in [5.74, 6) is -2.10. The number of hydrogen-bond acceptors (Lipinski definition) is 3. The van der Waals surface area contributed by atoms with Gasteiger partial charge >= 0.3 is 12.1 Å². The summed E-state index contributed by atoms with van der Waals surface area (Å²) < 4.78 is 61.9. The third kappa shape index (κ3) is 4.10. The van der Waals surface area contributed by atoms with Crippen LogP contribution in [0.4, 0.5) is 23.2 Å². The molecular weight excluding hydrogens is 476 g/mol. The van der Waals surface area contributed by atoms with E-state index in [0.29, 0.717) is 17.0 Å². The van der Waals surface area contributed by atoms with Crippen molar-refractivity contribution in [2.75, 3.05) is 12.0 Å². The van der Waals surface area contributed by atoms with Gasteiger partial charge in [-0.05, 0) is 62.7 Å². The highest BCUT2D eigenvalue weighted by Crippen LogP contribution is 2.38. The molecule has 1 amide bonds. The molecule has 0 fully saturated rings. The fourth-order valence-corrected chi connectivity index (χ4v) is 4.47. The van der Waals surface area contributed by atoms with E-state index in [4.69, 9.17) is 4.74 Å². The first-order valence-electron chi connectivity index (χ1n) is 10.9. The Morgan fingerprint density at radius 1 is 0.972 bits per heavy atom. The highest BCUT2D eigenvalue weighted by atomic mass is 19.4. The van der Waals surface area contributed by atoms with E-state index in [1.54, 1.807) is 26.0 Å². The molecule has 0 saturated heterocycles. The summed E-state index contributed by atoms with van der Waals surface area (Å²) in [6.45, 7) is 4.77. The number of aromatic nitrogens is 1. The fraction of sp³-hybridized carbons (Fsp3) is 0.185. The lowest BCUT2D eigenvalue weighted by Gasteiger charge is -2.18. The van der Waals surface area contributed by atoms with Crippen LogP contribution >= 0.6 is 0 Å². The number of benzene rings is 2. The van der Waals surface area contributed by atoms with Crippen LogP contribution < -0.4 is 4.90 Å². The largest absolute Gasteiger partial charge is 0.465 e. The lowest BCUT2D eigenvalue weighted by atomic mass is 10.0. The van der Waals surface area contributed by atoms with E-state index in [0.717, 1.165) is 18.1 Å². The minimum atomic E-state index is -4.57. The number of esters is 1. The summed E-state index contributed by atoms with van der Waals surface area (Å²) in [6.07, 6.45) is -3.15. The second-order valence-electron chi connectivity index (χ2n) is 8.28. The maximum atomic E-state index is 14.5. The second-order valence-corrected chi connectivity index (χ2v) is 8.28. The van der Waals surface area contributed by atoms with Gasteiger partial charge in [-0.15, -0.1) is 0 Å². The molecule has 186 valence electrons. The number of halogens is 4. The molecule has 0 saturated carbocycles. The number of allylic oxidation sites excluding steroid dienone is 1. The average Bonchev–Trinajstić information content (AvgIpc) is 3.24. The number of ether oxygens (including phenoxy) is 1. The molecule has 0 unspecified atom stereocenters. The van der Waals surface area contributed by atoms with Gasteiger partial charge in [0, 0.05) is 17.1 Å². The van der Waals surface area contributed by atoms with E-state index < -0.39 is 29.4 Å². The molecule has 9 heteroatoms. The number of methoxy groups -OCH3 is 1. The van der Waals surface area contributed by atoms with Gasteiger partial charge in [0.15, 0.2) is 0 Å². The first kappa shape index (κ1) is 25.0. The zero-order valence-electron chi connectivity index (χ0n) is 19.9. The van der Waals surface area contributed by atoms with Crippen LogP contribution in [0.3, 0.4) is 0 Å². The Kier molecular flexibility index (Phi) is 6.34. The van der Waals surface area contributed by atoms with Crippen LogP contribution in [-0.2, 0) is 20.5 Å². The Balaban J connectivity index is 1.89. The summed E-state index contributed by atoms with van der Waals surface area (Å²) in [6, 6.07) is 12.5. The maximum absolute atomic E-state index is 14.5. The zero-order chi connectivity index (χ0) is 26.4. The summed E-state index contributed by atoms with van der Waals surface area (Å²) in [7, 11) is 1.16. The first-order valence-corrected chi connectivity index (χ1v) is 10.9. The minimum absolute atomic E-state index is 0.0330. The molecule has 0 N–H and O–H groups in total. The number of amides is 1. The number of rotatable bonds is 4. The smallest absolute Gasteiger partial charge is 0.418 e. The van der Waals surface area contributed by atoms with Gasteiger partial charge in [0.1, 0.15) is 5.82 Å². The molecule has 0 radical (unpaired) electrons. The maximum Gasteiger partial charge on any atom is 0.418 e. The molecule has 1 aromatic heterocycles. The highest BCUT2D eigenvalue weighted by Gasteiger charge is 2.39. The monoisotopic (exact) mass is 498 g/mol. The van der Waals surface area contributed by atoms with Crippen LogP contribution in [0.15, 0.2) is 71.4 Å². The number of alkyl halides is 3. The van der Waals surface area contributed by atoms with E-state index in [-0.39, 0.29) is 28.2 Å². The zero-order valence-corrected chi connectivity index (χ0v) is 19.9. The van der Waals surface area contributed by atoms with Crippen LogP contribution in [0.25, 0.3) is 11.8 Å². The minimum Gasteiger partial charge on any atom is -0.465 e. The summed E-state index contributed by atoms with van der Waals surface area (Å²) in [5.41, 5.74) is 0.530. The van der Waals surface area contributed by atoms with Gasteiger partial charge in [-0.3, -0.25) is 9.69 Å². The van der Waals surface area contributed by atoms with E-state index in [1.165, 1.54) is 54.0 Å². The average molecular weight is 498 g/mol. The van der Waals surface area contributed by atoms with Gasteiger partial charge in [0.25, 0.3) is 5.91 Å².